The molecule has 0 aliphatic rings. The molecule has 0 saturated carbocycles. The van der Waals surface area contributed by atoms with E-state index < -0.39 is 0 Å². The van der Waals surface area contributed by atoms with Crippen molar-refractivity contribution in [3.8, 4) is 0 Å². The van der Waals surface area contributed by atoms with Gasteiger partial charge < -0.3 is 10.1 Å². The van der Waals surface area contributed by atoms with Crippen molar-refractivity contribution < 1.29 is 4.74 Å². The molecule has 0 atom stereocenters. The molecular formula is C13H23N3O. The molecule has 1 N–H and O–H groups in total. The summed E-state index contributed by atoms with van der Waals surface area (Å²) in [7, 11) is 0. The topological polar surface area (TPSA) is 47.0 Å². The van der Waals surface area contributed by atoms with Gasteiger partial charge in [0, 0.05) is 26.0 Å². The number of hydrogen-bond donors (Lipinski definition) is 1. The van der Waals surface area contributed by atoms with Crippen LogP contribution in [0.5, 0.6) is 0 Å². The molecule has 4 nitrogen and oxygen atoms in total. The lowest BCUT2D eigenvalue weighted by Crippen LogP contribution is -2.18. The Bertz CT molecular complexity index is 315. The maximum atomic E-state index is 5.50. The fraction of sp³-hybridized carbons (Fsp3) is 0.692. The van der Waals surface area contributed by atoms with Crippen LogP contribution in [0.25, 0.3) is 0 Å². The van der Waals surface area contributed by atoms with Crippen LogP contribution in [-0.2, 0) is 11.3 Å². The highest BCUT2D eigenvalue weighted by Gasteiger charge is 1.96. The molecule has 0 amide bonds. The Morgan fingerprint density at radius 2 is 2.24 bits per heavy atom. The number of rotatable bonds is 8. The van der Waals surface area contributed by atoms with Crippen molar-refractivity contribution in [3.05, 3.63) is 23.8 Å². The second-order valence-electron chi connectivity index (χ2n) is 4.59. The molecule has 0 unspecified atom stereocenters. The van der Waals surface area contributed by atoms with E-state index in [1.54, 1.807) is 6.20 Å². The Hall–Kier alpha value is -1.00. The first-order valence-corrected chi connectivity index (χ1v) is 6.25. The van der Waals surface area contributed by atoms with E-state index in [4.69, 9.17) is 4.74 Å². The predicted molar refractivity (Wildman–Crippen MR) is 68.7 cm³/mol. The van der Waals surface area contributed by atoms with E-state index in [1.165, 1.54) is 0 Å². The van der Waals surface area contributed by atoms with Crippen LogP contribution in [0.3, 0.4) is 0 Å². The number of nitrogens with zero attached hydrogens (tertiary/aromatic N) is 2. The van der Waals surface area contributed by atoms with Gasteiger partial charge in [0.2, 0.25) is 0 Å². The quantitative estimate of drug-likeness (QED) is 0.702. The number of ether oxygens (including phenoxy) is 1. The van der Waals surface area contributed by atoms with E-state index in [0.717, 1.165) is 44.2 Å². The molecule has 0 bridgehead atoms. The van der Waals surface area contributed by atoms with E-state index in [0.29, 0.717) is 5.92 Å². The highest BCUT2D eigenvalue weighted by atomic mass is 16.5. The minimum absolute atomic E-state index is 0.618. The van der Waals surface area contributed by atoms with E-state index in [-0.39, 0.29) is 0 Å². The summed E-state index contributed by atoms with van der Waals surface area (Å²) >= 11 is 0. The smallest absolute Gasteiger partial charge is 0.125 e. The molecule has 4 heteroatoms. The fourth-order valence-corrected chi connectivity index (χ4v) is 1.44. The van der Waals surface area contributed by atoms with E-state index >= 15 is 0 Å². The first kappa shape index (κ1) is 14.1. The van der Waals surface area contributed by atoms with Crippen LogP contribution in [0.1, 0.15) is 31.8 Å². The van der Waals surface area contributed by atoms with Gasteiger partial charge in [-0.3, -0.25) is 0 Å². The SMILES string of the molecule is Cc1nccc(CNCCCOCC(C)C)n1. The Kier molecular flexibility index (Phi) is 6.74. The molecule has 1 aromatic heterocycles. The largest absolute Gasteiger partial charge is 0.381 e. The van der Waals surface area contributed by atoms with Crippen molar-refractivity contribution in [2.24, 2.45) is 5.92 Å². The van der Waals surface area contributed by atoms with Gasteiger partial charge in [0.05, 0.1) is 5.69 Å². The van der Waals surface area contributed by atoms with Crippen LogP contribution in [0.2, 0.25) is 0 Å². The maximum Gasteiger partial charge on any atom is 0.125 e. The fourth-order valence-electron chi connectivity index (χ4n) is 1.44. The second-order valence-corrected chi connectivity index (χ2v) is 4.59. The van der Waals surface area contributed by atoms with Crippen molar-refractivity contribution in [3.63, 3.8) is 0 Å². The van der Waals surface area contributed by atoms with E-state index in [1.807, 2.05) is 13.0 Å². The van der Waals surface area contributed by atoms with Gasteiger partial charge in [0.25, 0.3) is 0 Å². The molecule has 0 aliphatic carbocycles. The Morgan fingerprint density at radius 3 is 2.94 bits per heavy atom. The van der Waals surface area contributed by atoms with Crippen molar-refractivity contribution >= 4 is 0 Å². The maximum absolute atomic E-state index is 5.50. The van der Waals surface area contributed by atoms with Crippen LogP contribution in [0.15, 0.2) is 12.3 Å². The monoisotopic (exact) mass is 237 g/mol. The zero-order valence-electron chi connectivity index (χ0n) is 11.1. The Labute approximate surface area is 104 Å². The average molecular weight is 237 g/mol. The highest BCUT2D eigenvalue weighted by molar-refractivity contribution is 5.00. The first-order valence-electron chi connectivity index (χ1n) is 6.25. The van der Waals surface area contributed by atoms with Gasteiger partial charge in [0.15, 0.2) is 0 Å². The summed E-state index contributed by atoms with van der Waals surface area (Å²) < 4.78 is 5.50. The van der Waals surface area contributed by atoms with E-state index in [9.17, 15) is 0 Å². The summed E-state index contributed by atoms with van der Waals surface area (Å²) in [5.41, 5.74) is 1.04. The Morgan fingerprint density at radius 1 is 1.41 bits per heavy atom. The summed E-state index contributed by atoms with van der Waals surface area (Å²) in [5.74, 6) is 1.44. The average Bonchev–Trinajstić information content (AvgIpc) is 2.27. The summed E-state index contributed by atoms with van der Waals surface area (Å²) in [6.45, 7) is 9.67. The lowest BCUT2D eigenvalue weighted by atomic mass is 10.2. The van der Waals surface area contributed by atoms with Crippen LogP contribution in [0, 0.1) is 12.8 Å². The third kappa shape index (κ3) is 7.02. The van der Waals surface area contributed by atoms with Gasteiger partial charge >= 0.3 is 0 Å². The van der Waals surface area contributed by atoms with Crippen LogP contribution >= 0.6 is 0 Å². The summed E-state index contributed by atoms with van der Waals surface area (Å²) in [6.07, 6.45) is 2.84. The van der Waals surface area contributed by atoms with Crippen molar-refractivity contribution in [2.75, 3.05) is 19.8 Å². The van der Waals surface area contributed by atoms with Crippen LogP contribution in [-0.4, -0.2) is 29.7 Å². The third-order valence-corrected chi connectivity index (χ3v) is 2.23. The normalized spacial score (nSPS) is 11.1. The molecule has 96 valence electrons. The van der Waals surface area contributed by atoms with Gasteiger partial charge in [-0.15, -0.1) is 0 Å². The lowest BCUT2D eigenvalue weighted by Gasteiger charge is -2.07. The molecule has 17 heavy (non-hydrogen) atoms. The summed E-state index contributed by atoms with van der Waals surface area (Å²) in [6, 6.07) is 1.94. The predicted octanol–water partition coefficient (Wildman–Crippen LogP) is 1.94. The molecule has 0 aromatic carbocycles. The van der Waals surface area contributed by atoms with Crippen molar-refractivity contribution in [2.45, 2.75) is 33.7 Å². The van der Waals surface area contributed by atoms with E-state index in [2.05, 4.69) is 29.1 Å². The second kappa shape index (κ2) is 8.14. The summed E-state index contributed by atoms with van der Waals surface area (Å²) in [4.78, 5) is 8.39. The number of aromatic nitrogens is 2. The zero-order valence-corrected chi connectivity index (χ0v) is 11.1. The molecular weight excluding hydrogens is 214 g/mol. The summed E-state index contributed by atoms with van der Waals surface area (Å²) in [5, 5.41) is 3.35. The molecule has 0 fully saturated rings. The van der Waals surface area contributed by atoms with Crippen LogP contribution < -0.4 is 5.32 Å². The number of aryl methyl sites for hydroxylation is 1. The highest BCUT2D eigenvalue weighted by Crippen LogP contribution is 1.95. The number of hydrogen-bond acceptors (Lipinski definition) is 4. The van der Waals surface area contributed by atoms with Gasteiger partial charge in [-0.2, -0.15) is 0 Å². The molecule has 0 saturated heterocycles. The molecule has 0 aliphatic heterocycles. The van der Waals surface area contributed by atoms with Gasteiger partial charge in [-0.1, -0.05) is 13.8 Å². The van der Waals surface area contributed by atoms with Gasteiger partial charge in [0.1, 0.15) is 5.82 Å². The molecule has 1 rings (SSSR count). The van der Waals surface area contributed by atoms with Gasteiger partial charge in [-0.25, -0.2) is 9.97 Å². The standard InChI is InChI=1S/C13H23N3O/c1-11(2)10-17-8-4-6-14-9-13-5-7-15-12(3)16-13/h5,7,11,14H,4,6,8-10H2,1-3H3. The van der Waals surface area contributed by atoms with Gasteiger partial charge in [-0.05, 0) is 31.9 Å². The number of nitrogens with one attached hydrogen (secondary N) is 1. The molecule has 0 spiro atoms. The minimum atomic E-state index is 0.618. The minimum Gasteiger partial charge on any atom is -0.381 e. The zero-order chi connectivity index (χ0) is 12.5. The molecule has 1 aromatic rings. The third-order valence-electron chi connectivity index (χ3n) is 2.23. The molecule has 0 radical (unpaired) electrons. The lowest BCUT2D eigenvalue weighted by molar-refractivity contribution is 0.108. The van der Waals surface area contributed by atoms with Crippen molar-refractivity contribution in [1.29, 1.82) is 0 Å². The first-order chi connectivity index (χ1) is 8.18. The van der Waals surface area contributed by atoms with Crippen LogP contribution in [0.4, 0.5) is 0 Å². The molecule has 1 heterocycles. The van der Waals surface area contributed by atoms with Crippen molar-refractivity contribution in [1.82, 2.24) is 15.3 Å². The Balaban J connectivity index is 2.01.